The average Bonchev–Trinajstić information content (AvgIpc) is 3.05. The topological polar surface area (TPSA) is 70.7 Å². The highest BCUT2D eigenvalue weighted by Gasteiger charge is 2.35. The van der Waals surface area contributed by atoms with E-state index in [1.54, 1.807) is 0 Å². The second-order valence-electron chi connectivity index (χ2n) is 5.68. The number of hydrogen-bond acceptors (Lipinski definition) is 3. The number of carbonyl (C=O) groups excluding carboxylic acids is 1. The van der Waals surface area contributed by atoms with Crippen LogP contribution in [0.1, 0.15) is 31.5 Å². The third kappa shape index (κ3) is 2.49. The van der Waals surface area contributed by atoms with E-state index in [2.05, 4.69) is 16.4 Å². The van der Waals surface area contributed by atoms with Gasteiger partial charge in [-0.3, -0.25) is 4.79 Å². The summed E-state index contributed by atoms with van der Waals surface area (Å²) < 4.78 is 1.89. The molecule has 0 unspecified atom stereocenters. The Balaban J connectivity index is 1.81. The fourth-order valence-corrected chi connectivity index (χ4v) is 3.09. The molecule has 1 N–H and O–H groups in total. The van der Waals surface area contributed by atoms with Crippen molar-refractivity contribution in [3.8, 4) is 6.07 Å². The zero-order valence-corrected chi connectivity index (χ0v) is 12.1. The van der Waals surface area contributed by atoms with Crippen LogP contribution in [0, 0.1) is 18.3 Å². The van der Waals surface area contributed by atoms with Crippen LogP contribution in [-0.4, -0.2) is 21.0 Å². The summed E-state index contributed by atoms with van der Waals surface area (Å²) in [5.74, 6) is 0.688. The summed E-state index contributed by atoms with van der Waals surface area (Å²) in [5.41, 5.74) is 1.17. The normalized spacial score (nSPS) is 16.8. The highest BCUT2D eigenvalue weighted by Crippen LogP contribution is 2.28. The van der Waals surface area contributed by atoms with Crippen LogP contribution < -0.4 is 5.32 Å². The van der Waals surface area contributed by atoms with E-state index in [4.69, 9.17) is 0 Å². The highest BCUT2D eigenvalue weighted by molar-refractivity contribution is 5.81. The lowest BCUT2D eigenvalue weighted by molar-refractivity contribution is -0.122. The number of aromatic nitrogens is 2. The van der Waals surface area contributed by atoms with Crippen LogP contribution in [0.4, 0.5) is 0 Å². The summed E-state index contributed by atoms with van der Waals surface area (Å²) in [6.07, 6.45) is 3.50. The Labute approximate surface area is 123 Å². The zero-order valence-electron chi connectivity index (χ0n) is 12.1. The Morgan fingerprint density at radius 2 is 2.14 bits per heavy atom. The van der Waals surface area contributed by atoms with Gasteiger partial charge in [-0.25, -0.2) is 4.98 Å². The predicted molar refractivity (Wildman–Crippen MR) is 79.4 cm³/mol. The van der Waals surface area contributed by atoms with Crippen LogP contribution in [-0.2, 0) is 11.3 Å². The molecule has 108 valence electrons. The maximum atomic E-state index is 12.3. The quantitative estimate of drug-likeness (QED) is 0.939. The van der Waals surface area contributed by atoms with Gasteiger partial charge in [-0.2, -0.15) is 5.26 Å². The first-order valence-corrected chi connectivity index (χ1v) is 7.28. The van der Waals surface area contributed by atoms with Gasteiger partial charge in [0.1, 0.15) is 17.9 Å². The molecule has 1 aliphatic rings. The van der Waals surface area contributed by atoms with Gasteiger partial charge < -0.3 is 9.88 Å². The summed E-state index contributed by atoms with van der Waals surface area (Å²) in [4.78, 5) is 16.8. The van der Waals surface area contributed by atoms with Gasteiger partial charge in [0, 0.05) is 0 Å². The van der Waals surface area contributed by atoms with Crippen LogP contribution in [0.15, 0.2) is 24.3 Å². The molecule has 1 fully saturated rings. The minimum atomic E-state index is -0.665. The van der Waals surface area contributed by atoms with Gasteiger partial charge in [0.05, 0.1) is 17.1 Å². The van der Waals surface area contributed by atoms with Gasteiger partial charge in [-0.1, -0.05) is 12.1 Å². The van der Waals surface area contributed by atoms with E-state index in [9.17, 15) is 10.1 Å². The molecule has 0 bridgehead atoms. The van der Waals surface area contributed by atoms with Gasteiger partial charge in [0.2, 0.25) is 5.91 Å². The maximum Gasteiger partial charge on any atom is 0.241 e. The lowest BCUT2D eigenvalue weighted by Crippen LogP contribution is -2.46. The second-order valence-corrected chi connectivity index (χ2v) is 5.68. The number of carbonyl (C=O) groups is 1. The molecular weight excluding hydrogens is 264 g/mol. The van der Waals surface area contributed by atoms with Gasteiger partial charge in [-0.15, -0.1) is 0 Å². The first kappa shape index (κ1) is 13.6. The van der Waals surface area contributed by atoms with Crippen LogP contribution >= 0.6 is 0 Å². The summed E-state index contributed by atoms with van der Waals surface area (Å²) in [6.45, 7) is 2.10. The molecule has 0 saturated heterocycles. The molecular formula is C16H18N4O. The second kappa shape index (κ2) is 5.21. The maximum absolute atomic E-state index is 12.3. The molecule has 21 heavy (non-hydrogen) atoms. The van der Waals surface area contributed by atoms with E-state index in [0.717, 1.165) is 42.5 Å². The van der Waals surface area contributed by atoms with E-state index in [1.165, 1.54) is 0 Å². The number of rotatable bonds is 3. The van der Waals surface area contributed by atoms with Gasteiger partial charge >= 0.3 is 0 Å². The molecule has 0 spiro atoms. The first-order valence-electron chi connectivity index (χ1n) is 7.28. The Morgan fingerprint density at radius 1 is 1.43 bits per heavy atom. The molecule has 1 aliphatic carbocycles. The van der Waals surface area contributed by atoms with Crippen molar-refractivity contribution in [2.24, 2.45) is 0 Å². The summed E-state index contributed by atoms with van der Waals surface area (Å²) in [5, 5.41) is 12.3. The van der Waals surface area contributed by atoms with Crippen molar-refractivity contribution in [2.45, 2.75) is 44.7 Å². The van der Waals surface area contributed by atoms with E-state index in [-0.39, 0.29) is 12.5 Å². The van der Waals surface area contributed by atoms with E-state index >= 15 is 0 Å². The third-order valence-electron chi connectivity index (χ3n) is 4.20. The number of nitriles is 1. The molecule has 5 heteroatoms. The zero-order chi connectivity index (χ0) is 14.9. The number of para-hydroxylation sites is 2. The van der Waals surface area contributed by atoms with Crippen molar-refractivity contribution in [3.63, 3.8) is 0 Å². The molecule has 2 aromatic rings. The molecule has 1 amide bonds. The lowest BCUT2D eigenvalue weighted by Gasteiger charge is -2.22. The number of nitrogens with one attached hydrogen (secondary N) is 1. The number of imidazole rings is 1. The molecule has 1 saturated carbocycles. The average molecular weight is 282 g/mol. The summed E-state index contributed by atoms with van der Waals surface area (Å²) in [7, 11) is 0. The molecule has 0 radical (unpaired) electrons. The number of amides is 1. The highest BCUT2D eigenvalue weighted by atomic mass is 16.2. The minimum absolute atomic E-state index is 0.121. The molecule has 1 aromatic carbocycles. The van der Waals surface area contributed by atoms with Crippen molar-refractivity contribution < 1.29 is 4.79 Å². The molecule has 0 atom stereocenters. The minimum Gasteiger partial charge on any atom is -0.336 e. The van der Waals surface area contributed by atoms with Crippen LogP contribution in [0.5, 0.6) is 0 Å². The van der Waals surface area contributed by atoms with E-state index in [1.807, 2.05) is 35.8 Å². The van der Waals surface area contributed by atoms with Crippen molar-refractivity contribution in [1.82, 2.24) is 14.9 Å². The van der Waals surface area contributed by atoms with Crippen molar-refractivity contribution in [2.75, 3.05) is 0 Å². The third-order valence-corrected chi connectivity index (χ3v) is 4.20. The van der Waals surface area contributed by atoms with Gasteiger partial charge in [0.25, 0.3) is 0 Å². The molecule has 3 rings (SSSR count). The predicted octanol–water partition coefficient (Wildman–Crippen LogP) is 2.30. The van der Waals surface area contributed by atoms with E-state index < -0.39 is 5.54 Å². The molecule has 0 aliphatic heterocycles. The van der Waals surface area contributed by atoms with E-state index in [0.29, 0.717) is 0 Å². The number of aryl methyl sites for hydroxylation is 1. The number of benzene rings is 1. The summed E-state index contributed by atoms with van der Waals surface area (Å²) in [6, 6.07) is 10.0. The molecule has 1 aromatic heterocycles. The van der Waals surface area contributed by atoms with Crippen molar-refractivity contribution in [1.29, 1.82) is 5.26 Å². The van der Waals surface area contributed by atoms with Crippen LogP contribution in [0.25, 0.3) is 11.0 Å². The number of nitrogens with zero attached hydrogens (tertiary/aromatic N) is 3. The Bertz CT molecular complexity index is 719. The number of hydrogen-bond donors (Lipinski definition) is 1. The van der Waals surface area contributed by atoms with Gasteiger partial charge in [0.15, 0.2) is 0 Å². The Kier molecular flexibility index (Phi) is 3.38. The standard InChI is InChI=1S/C16H18N4O/c1-12-18-13-6-2-3-7-14(13)20(12)10-15(21)19-16(11-17)8-4-5-9-16/h2-3,6-7H,4-5,8-10H2,1H3,(H,19,21). The lowest BCUT2D eigenvalue weighted by atomic mass is 10.00. The van der Waals surface area contributed by atoms with Crippen molar-refractivity contribution >= 4 is 16.9 Å². The Morgan fingerprint density at radius 3 is 2.86 bits per heavy atom. The molecule has 5 nitrogen and oxygen atoms in total. The number of fused-ring (bicyclic) bond motifs is 1. The van der Waals surface area contributed by atoms with Crippen LogP contribution in [0.3, 0.4) is 0 Å². The SMILES string of the molecule is Cc1nc2ccccc2n1CC(=O)NC1(C#N)CCCC1. The molecule has 1 heterocycles. The smallest absolute Gasteiger partial charge is 0.241 e. The van der Waals surface area contributed by atoms with Gasteiger partial charge in [-0.05, 0) is 44.7 Å². The monoisotopic (exact) mass is 282 g/mol. The van der Waals surface area contributed by atoms with Crippen molar-refractivity contribution in [3.05, 3.63) is 30.1 Å². The summed E-state index contributed by atoms with van der Waals surface area (Å²) >= 11 is 0. The fourth-order valence-electron chi connectivity index (χ4n) is 3.09. The fraction of sp³-hybridized carbons (Fsp3) is 0.438. The first-order chi connectivity index (χ1) is 10.1. The Hall–Kier alpha value is -2.35. The van der Waals surface area contributed by atoms with Crippen LogP contribution in [0.2, 0.25) is 0 Å². The largest absolute Gasteiger partial charge is 0.336 e.